The lowest BCUT2D eigenvalue weighted by atomic mass is 9.99. The van der Waals surface area contributed by atoms with E-state index in [-0.39, 0.29) is 0 Å². The molecule has 1 aliphatic rings. The number of rotatable bonds is 3. The van der Waals surface area contributed by atoms with Gasteiger partial charge in [-0.2, -0.15) is 5.26 Å². The van der Waals surface area contributed by atoms with Gasteiger partial charge in [0.15, 0.2) is 12.1 Å². The van der Waals surface area contributed by atoms with Crippen LogP contribution < -0.4 is 10.6 Å². The topological polar surface area (TPSA) is 103 Å². The quantitative estimate of drug-likeness (QED) is 0.559. The molecule has 3 aromatic rings. The Morgan fingerprint density at radius 1 is 1.46 bits per heavy atom. The number of nitrogens with two attached hydrogens (primary N) is 1. The smallest absolute Gasteiger partial charge is 0.159 e. The van der Waals surface area contributed by atoms with Gasteiger partial charge < -0.3 is 15.6 Å². The minimum absolute atomic E-state index is 0.305. The number of hydrogen-bond acceptors (Lipinski definition) is 5. The van der Waals surface area contributed by atoms with Gasteiger partial charge in [-0.05, 0) is 37.0 Å². The van der Waals surface area contributed by atoms with E-state index in [2.05, 4.69) is 21.9 Å². The third-order valence-electron chi connectivity index (χ3n) is 5.01. The first kappa shape index (κ1) is 16.2. The molecule has 0 aliphatic carbocycles. The predicted octanol–water partition coefficient (Wildman–Crippen LogP) is 2.83. The highest BCUT2D eigenvalue weighted by Crippen LogP contribution is 2.31. The number of nitrogens with zero attached hydrogens (tertiary/aromatic N) is 4. The van der Waals surface area contributed by atoms with E-state index in [1.54, 1.807) is 6.20 Å². The lowest BCUT2D eigenvalue weighted by molar-refractivity contribution is 0.112. The highest BCUT2D eigenvalue weighted by molar-refractivity contribution is 5.89. The number of piperidine rings is 1. The van der Waals surface area contributed by atoms with Crippen molar-refractivity contribution in [2.24, 2.45) is 5.92 Å². The van der Waals surface area contributed by atoms with Crippen molar-refractivity contribution in [3.05, 3.63) is 35.5 Å². The van der Waals surface area contributed by atoms with Crippen LogP contribution >= 0.6 is 0 Å². The molecule has 3 heterocycles. The zero-order chi connectivity index (χ0) is 18.3. The molecule has 1 fully saturated rings. The molecule has 1 saturated heterocycles. The summed E-state index contributed by atoms with van der Waals surface area (Å²) in [5, 5.41) is 13.5. The minimum atomic E-state index is 0.305. The minimum Gasteiger partial charge on any atom is -0.397 e. The Balaban J connectivity index is 1.69. The van der Waals surface area contributed by atoms with E-state index in [9.17, 15) is 4.79 Å². The summed E-state index contributed by atoms with van der Waals surface area (Å²) >= 11 is 0. The molecule has 1 aliphatic heterocycles. The van der Waals surface area contributed by atoms with Crippen molar-refractivity contribution in [3.8, 4) is 17.5 Å². The Morgan fingerprint density at radius 2 is 2.31 bits per heavy atom. The largest absolute Gasteiger partial charge is 0.397 e. The van der Waals surface area contributed by atoms with E-state index in [1.165, 1.54) is 17.4 Å². The molecule has 7 heteroatoms. The van der Waals surface area contributed by atoms with Crippen LogP contribution in [-0.4, -0.2) is 34.0 Å². The Bertz CT molecular complexity index is 1020. The lowest BCUT2D eigenvalue weighted by Gasteiger charge is -2.33. The number of carbonyl (C=O) groups is 1. The van der Waals surface area contributed by atoms with Gasteiger partial charge in [0.25, 0.3) is 0 Å². The van der Waals surface area contributed by atoms with Crippen LogP contribution in [0.1, 0.15) is 35.7 Å². The maximum absolute atomic E-state index is 11.3. The van der Waals surface area contributed by atoms with Crippen LogP contribution in [0.2, 0.25) is 0 Å². The van der Waals surface area contributed by atoms with E-state index in [4.69, 9.17) is 11.0 Å². The number of benzene rings is 1. The van der Waals surface area contributed by atoms with Gasteiger partial charge in [-0.25, -0.2) is 4.52 Å². The summed E-state index contributed by atoms with van der Waals surface area (Å²) in [5.41, 5.74) is 10.1. The van der Waals surface area contributed by atoms with Crippen LogP contribution in [0.25, 0.3) is 17.0 Å². The Morgan fingerprint density at radius 3 is 3.00 bits per heavy atom. The lowest BCUT2D eigenvalue weighted by Crippen LogP contribution is -2.34. The van der Waals surface area contributed by atoms with Crippen molar-refractivity contribution in [1.29, 1.82) is 5.26 Å². The summed E-state index contributed by atoms with van der Waals surface area (Å²) in [7, 11) is 0. The number of H-pyrrole nitrogens is 1. The number of anilines is 2. The zero-order valence-electron chi connectivity index (χ0n) is 14.6. The Labute approximate surface area is 151 Å². The highest BCUT2D eigenvalue weighted by Gasteiger charge is 2.19. The monoisotopic (exact) mass is 348 g/mol. The molecule has 0 spiro atoms. The summed E-state index contributed by atoms with van der Waals surface area (Å²) < 4.78 is 1.52. The summed E-state index contributed by atoms with van der Waals surface area (Å²) in [4.78, 5) is 16.7. The molecule has 1 unspecified atom stereocenters. The van der Waals surface area contributed by atoms with Crippen LogP contribution in [0.15, 0.2) is 24.4 Å². The molecule has 0 saturated carbocycles. The number of aromatic nitrogens is 3. The van der Waals surface area contributed by atoms with Crippen molar-refractivity contribution >= 4 is 23.3 Å². The van der Waals surface area contributed by atoms with Gasteiger partial charge in [-0.3, -0.25) is 4.79 Å². The second-order valence-corrected chi connectivity index (χ2v) is 6.92. The van der Waals surface area contributed by atoms with E-state index < -0.39 is 0 Å². The number of aldehydes is 1. The summed E-state index contributed by atoms with van der Waals surface area (Å²) in [6, 6.07) is 7.91. The molecule has 0 radical (unpaired) electrons. The first-order valence-corrected chi connectivity index (χ1v) is 8.72. The van der Waals surface area contributed by atoms with E-state index in [0.29, 0.717) is 40.5 Å². The van der Waals surface area contributed by atoms with Crippen LogP contribution in [-0.2, 0) is 0 Å². The number of carbonyl (C=O) groups excluding carboxylic acids is 1. The van der Waals surface area contributed by atoms with Crippen molar-refractivity contribution in [2.75, 3.05) is 23.7 Å². The van der Waals surface area contributed by atoms with Crippen molar-refractivity contribution in [1.82, 2.24) is 14.6 Å². The van der Waals surface area contributed by atoms with Crippen molar-refractivity contribution < 1.29 is 4.79 Å². The Kier molecular flexibility index (Phi) is 3.88. The van der Waals surface area contributed by atoms with Crippen molar-refractivity contribution in [3.63, 3.8) is 0 Å². The molecule has 26 heavy (non-hydrogen) atoms. The fourth-order valence-corrected chi connectivity index (χ4v) is 3.69. The molecule has 1 atom stereocenters. The fraction of sp³-hybridized carbons (Fsp3) is 0.316. The second-order valence-electron chi connectivity index (χ2n) is 6.92. The van der Waals surface area contributed by atoms with Crippen LogP contribution in [0.5, 0.6) is 0 Å². The molecule has 4 rings (SSSR count). The third-order valence-corrected chi connectivity index (χ3v) is 5.01. The average molecular weight is 348 g/mol. The van der Waals surface area contributed by atoms with Gasteiger partial charge in [0.05, 0.1) is 22.5 Å². The fourth-order valence-electron chi connectivity index (χ4n) is 3.69. The molecular weight excluding hydrogens is 328 g/mol. The van der Waals surface area contributed by atoms with Gasteiger partial charge in [0.2, 0.25) is 0 Å². The molecule has 0 bridgehead atoms. The molecule has 7 nitrogen and oxygen atoms in total. The molecule has 1 aromatic carbocycles. The molecular formula is C19H20N6O. The highest BCUT2D eigenvalue weighted by atomic mass is 16.1. The van der Waals surface area contributed by atoms with Crippen LogP contribution in [0.4, 0.5) is 11.4 Å². The number of nitrogen functional groups attached to an aromatic ring is 1. The van der Waals surface area contributed by atoms with Gasteiger partial charge in [0, 0.05) is 24.8 Å². The average Bonchev–Trinajstić information content (AvgIpc) is 3.18. The second kappa shape index (κ2) is 6.23. The maximum atomic E-state index is 11.3. The SMILES string of the molecule is CC1CCCN(c2ccc(-c3nn4cc(C#N)c(C=O)c4[nH]3)cc2N)C1. The standard InChI is InChI=1S/C19H20N6O/c1-12-3-2-6-24(9-12)17-5-4-13(7-16(17)21)18-22-19-15(11-26)14(8-20)10-25(19)23-18/h4-5,7,10-12H,2-3,6,9,21H2,1H3,(H,22,23). The van der Waals surface area contributed by atoms with Gasteiger partial charge >= 0.3 is 0 Å². The third kappa shape index (κ3) is 2.60. The van der Waals surface area contributed by atoms with E-state index in [0.717, 1.165) is 24.3 Å². The maximum Gasteiger partial charge on any atom is 0.159 e. The Hall–Kier alpha value is -3.27. The molecule has 132 valence electrons. The van der Waals surface area contributed by atoms with Gasteiger partial charge in [-0.1, -0.05) is 6.92 Å². The zero-order valence-corrected chi connectivity index (χ0v) is 14.6. The summed E-state index contributed by atoms with van der Waals surface area (Å²) in [5.74, 6) is 1.28. The number of nitriles is 1. The predicted molar refractivity (Wildman–Crippen MR) is 100 cm³/mol. The first-order valence-electron chi connectivity index (χ1n) is 8.72. The normalized spacial score (nSPS) is 17.4. The van der Waals surface area contributed by atoms with Crippen LogP contribution in [0.3, 0.4) is 0 Å². The first-order chi connectivity index (χ1) is 12.6. The summed E-state index contributed by atoms with van der Waals surface area (Å²) in [6.45, 7) is 4.31. The van der Waals surface area contributed by atoms with Gasteiger partial charge in [-0.15, -0.1) is 5.10 Å². The number of aromatic amines is 1. The molecule has 3 N–H and O–H groups in total. The number of fused-ring (bicyclic) bond motifs is 1. The molecule has 0 amide bonds. The number of nitrogens with one attached hydrogen (secondary N) is 1. The summed E-state index contributed by atoms with van der Waals surface area (Å²) in [6.07, 6.45) is 4.66. The van der Waals surface area contributed by atoms with Gasteiger partial charge in [0.1, 0.15) is 11.7 Å². The number of hydrogen-bond donors (Lipinski definition) is 2. The van der Waals surface area contributed by atoms with Crippen molar-refractivity contribution in [2.45, 2.75) is 19.8 Å². The van der Waals surface area contributed by atoms with E-state index >= 15 is 0 Å². The molecule has 2 aromatic heterocycles. The van der Waals surface area contributed by atoms with Crippen LogP contribution in [0, 0.1) is 17.2 Å². The van der Waals surface area contributed by atoms with E-state index in [1.807, 2.05) is 24.3 Å².